The smallest absolute Gasteiger partial charge is 0.157 e. The standard InChI is InChI=1S/C14H21N5O4/c1-2-3-4-15-14-10-8(16-6-17-14)9(18-19-10)13-12(22)11(21)7(5-20)23-13/h6-7,11-13,20-22H,2-5H2,1H3,(H,18,19)(H,15,16,17)/t7-,11-,12-,13+/m1/s1. The Bertz CT molecular complexity index is 664. The van der Waals surface area contributed by atoms with E-state index < -0.39 is 24.4 Å². The van der Waals surface area contributed by atoms with Gasteiger partial charge in [0.25, 0.3) is 0 Å². The minimum Gasteiger partial charge on any atom is -0.394 e. The van der Waals surface area contributed by atoms with Gasteiger partial charge in [-0.25, -0.2) is 9.97 Å². The molecule has 9 heteroatoms. The number of ether oxygens (including phenoxy) is 1. The number of H-pyrrole nitrogens is 1. The van der Waals surface area contributed by atoms with Crippen molar-refractivity contribution >= 4 is 16.9 Å². The summed E-state index contributed by atoms with van der Waals surface area (Å²) in [6.45, 7) is 2.50. The zero-order chi connectivity index (χ0) is 16.4. The molecule has 2 aromatic rings. The lowest BCUT2D eigenvalue weighted by Gasteiger charge is -2.12. The second-order valence-corrected chi connectivity index (χ2v) is 5.60. The second-order valence-electron chi connectivity index (χ2n) is 5.60. The molecule has 23 heavy (non-hydrogen) atoms. The van der Waals surface area contributed by atoms with Gasteiger partial charge >= 0.3 is 0 Å². The Labute approximate surface area is 132 Å². The van der Waals surface area contributed by atoms with Crippen LogP contribution in [-0.2, 0) is 4.74 Å². The van der Waals surface area contributed by atoms with E-state index in [0.717, 1.165) is 19.4 Å². The Kier molecular flexibility index (Phi) is 4.71. The van der Waals surface area contributed by atoms with Crippen molar-refractivity contribution in [1.82, 2.24) is 20.2 Å². The first kappa shape index (κ1) is 16.1. The van der Waals surface area contributed by atoms with Gasteiger partial charge in [0.05, 0.1) is 12.3 Å². The van der Waals surface area contributed by atoms with Crippen LogP contribution in [-0.4, -0.2) is 66.9 Å². The normalized spacial score (nSPS) is 27.7. The van der Waals surface area contributed by atoms with E-state index in [2.05, 4.69) is 32.4 Å². The van der Waals surface area contributed by atoms with Crippen LogP contribution >= 0.6 is 0 Å². The lowest BCUT2D eigenvalue weighted by molar-refractivity contribution is -0.0236. The number of aromatic nitrogens is 4. The predicted molar refractivity (Wildman–Crippen MR) is 81.8 cm³/mol. The number of hydrogen-bond donors (Lipinski definition) is 5. The van der Waals surface area contributed by atoms with Gasteiger partial charge in [-0.2, -0.15) is 5.10 Å². The van der Waals surface area contributed by atoms with E-state index in [-0.39, 0.29) is 6.61 Å². The molecule has 1 saturated heterocycles. The van der Waals surface area contributed by atoms with Crippen LogP contribution in [0.2, 0.25) is 0 Å². The van der Waals surface area contributed by atoms with Gasteiger partial charge < -0.3 is 25.4 Å². The van der Waals surface area contributed by atoms with Crippen molar-refractivity contribution in [2.24, 2.45) is 0 Å². The van der Waals surface area contributed by atoms with Gasteiger partial charge in [0.15, 0.2) is 11.3 Å². The van der Waals surface area contributed by atoms with E-state index in [1.165, 1.54) is 6.33 Å². The number of unbranched alkanes of at least 4 members (excludes halogenated alkanes) is 1. The molecule has 126 valence electrons. The fourth-order valence-electron chi connectivity index (χ4n) is 2.70. The number of aliphatic hydroxyl groups excluding tert-OH is 3. The summed E-state index contributed by atoms with van der Waals surface area (Å²) in [6, 6.07) is 0. The molecule has 0 saturated carbocycles. The summed E-state index contributed by atoms with van der Waals surface area (Å²) in [5.74, 6) is 0.609. The first-order valence-corrected chi connectivity index (χ1v) is 7.72. The Balaban J connectivity index is 1.90. The number of nitrogens with zero attached hydrogens (tertiary/aromatic N) is 3. The van der Waals surface area contributed by atoms with E-state index in [0.29, 0.717) is 22.5 Å². The summed E-state index contributed by atoms with van der Waals surface area (Å²) >= 11 is 0. The third-order valence-corrected chi connectivity index (χ3v) is 4.02. The molecule has 4 atom stereocenters. The third kappa shape index (κ3) is 2.88. The maximum absolute atomic E-state index is 10.1. The summed E-state index contributed by atoms with van der Waals surface area (Å²) in [5.41, 5.74) is 1.54. The van der Waals surface area contributed by atoms with Gasteiger partial charge in [0.2, 0.25) is 0 Å². The van der Waals surface area contributed by atoms with Gasteiger partial charge in [0, 0.05) is 6.54 Å². The number of nitrogens with one attached hydrogen (secondary N) is 2. The Hall–Kier alpha value is -1.81. The number of aliphatic hydroxyl groups is 3. The molecule has 3 rings (SSSR count). The van der Waals surface area contributed by atoms with Crippen LogP contribution in [0.4, 0.5) is 5.82 Å². The molecular formula is C14H21N5O4. The monoisotopic (exact) mass is 323 g/mol. The molecule has 0 aliphatic carbocycles. The van der Waals surface area contributed by atoms with Gasteiger partial charge in [-0.05, 0) is 6.42 Å². The van der Waals surface area contributed by atoms with Crippen LogP contribution in [0.15, 0.2) is 6.33 Å². The van der Waals surface area contributed by atoms with Gasteiger partial charge in [-0.1, -0.05) is 13.3 Å². The van der Waals surface area contributed by atoms with Gasteiger partial charge in [0.1, 0.15) is 36.3 Å². The fraction of sp³-hybridized carbons (Fsp3) is 0.643. The summed E-state index contributed by atoms with van der Waals surface area (Å²) < 4.78 is 5.52. The van der Waals surface area contributed by atoms with Crippen molar-refractivity contribution in [1.29, 1.82) is 0 Å². The molecule has 1 aliphatic rings. The fourth-order valence-corrected chi connectivity index (χ4v) is 2.70. The average Bonchev–Trinajstić information content (AvgIpc) is 3.11. The molecule has 5 N–H and O–H groups in total. The SMILES string of the molecule is CCCCNc1ncnc2c([C@@H]3O[C@H](CO)[C@@H](O)[C@H]3O)[nH]nc12. The van der Waals surface area contributed by atoms with Crippen LogP contribution < -0.4 is 5.32 Å². The summed E-state index contributed by atoms with van der Waals surface area (Å²) in [6.07, 6.45) is -0.498. The molecular weight excluding hydrogens is 302 g/mol. The van der Waals surface area contributed by atoms with E-state index in [4.69, 9.17) is 4.74 Å². The van der Waals surface area contributed by atoms with Crippen LogP contribution in [0.1, 0.15) is 31.6 Å². The highest BCUT2D eigenvalue weighted by Gasteiger charge is 2.44. The molecule has 1 fully saturated rings. The highest BCUT2D eigenvalue weighted by molar-refractivity contribution is 5.86. The molecule has 3 heterocycles. The highest BCUT2D eigenvalue weighted by Crippen LogP contribution is 2.35. The van der Waals surface area contributed by atoms with Crippen molar-refractivity contribution in [3.05, 3.63) is 12.0 Å². The predicted octanol–water partition coefficient (Wildman–Crippen LogP) is -0.281. The summed E-state index contributed by atoms with van der Waals surface area (Å²) in [5, 5.41) is 39.4. The minimum atomic E-state index is -1.16. The topological polar surface area (TPSA) is 136 Å². The van der Waals surface area contributed by atoms with Crippen molar-refractivity contribution < 1.29 is 20.1 Å². The molecule has 1 aliphatic heterocycles. The van der Waals surface area contributed by atoms with Crippen molar-refractivity contribution in [2.45, 2.75) is 44.2 Å². The molecule has 0 amide bonds. The number of aromatic amines is 1. The zero-order valence-corrected chi connectivity index (χ0v) is 12.8. The molecule has 0 unspecified atom stereocenters. The number of rotatable bonds is 6. The molecule has 0 bridgehead atoms. The Morgan fingerprint density at radius 2 is 2.09 bits per heavy atom. The Morgan fingerprint density at radius 1 is 1.26 bits per heavy atom. The first-order valence-electron chi connectivity index (χ1n) is 7.72. The summed E-state index contributed by atoms with van der Waals surface area (Å²) in [4.78, 5) is 8.39. The van der Waals surface area contributed by atoms with Crippen molar-refractivity contribution in [2.75, 3.05) is 18.5 Å². The maximum Gasteiger partial charge on any atom is 0.157 e. The zero-order valence-electron chi connectivity index (χ0n) is 12.8. The van der Waals surface area contributed by atoms with E-state index in [1.807, 2.05) is 0 Å². The largest absolute Gasteiger partial charge is 0.394 e. The lowest BCUT2D eigenvalue weighted by atomic mass is 10.1. The van der Waals surface area contributed by atoms with Crippen LogP contribution in [0.25, 0.3) is 11.0 Å². The minimum absolute atomic E-state index is 0.375. The average molecular weight is 323 g/mol. The quantitative estimate of drug-likeness (QED) is 0.458. The van der Waals surface area contributed by atoms with Crippen molar-refractivity contribution in [3.8, 4) is 0 Å². The molecule has 0 spiro atoms. The number of anilines is 1. The molecule has 0 radical (unpaired) electrons. The van der Waals surface area contributed by atoms with E-state index >= 15 is 0 Å². The van der Waals surface area contributed by atoms with Gasteiger partial charge in [-0.3, -0.25) is 5.10 Å². The number of hydrogen-bond acceptors (Lipinski definition) is 8. The first-order chi connectivity index (χ1) is 11.2. The Morgan fingerprint density at radius 3 is 2.78 bits per heavy atom. The third-order valence-electron chi connectivity index (χ3n) is 4.02. The van der Waals surface area contributed by atoms with Crippen molar-refractivity contribution in [3.63, 3.8) is 0 Å². The molecule has 2 aromatic heterocycles. The van der Waals surface area contributed by atoms with E-state index in [9.17, 15) is 15.3 Å². The second kappa shape index (κ2) is 6.75. The number of fused-ring (bicyclic) bond motifs is 1. The van der Waals surface area contributed by atoms with E-state index in [1.54, 1.807) is 0 Å². The molecule has 0 aromatic carbocycles. The van der Waals surface area contributed by atoms with Crippen LogP contribution in [0, 0.1) is 0 Å². The maximum atomic E-state index is 10.1. The molecule has 9 nitrogen and oxygen atoms in total. The van der Waals surface area contributed by atoms with Crippen LogP contribution in [0.3, 0.4) is 0 Å². The summed E-state index contributed by atoms with van der Waals surface area (Å²) in [7, 11) is 0. The lowest BCUT2D eigenvalue weighted by Crippen LogP contribution is -2.32. The van der Waals surface area contributed by atoms with Crippen LogP contribution in [0.5, 0.6) is 0 Å². The van der Waals surface area contributed by atoms with Gasteiger partial charge in [-0.15, -0.1) is 0 Å². The highest BCUT2D eigenvalue weighted by atomic mass is 16.6.